The summed E-state index contributed by atoms with van der Waals surface area (Å²) in [5.41, 5.74) is 7.34. The highest BCUT2D eigenvalue weighted by atomic mass is 32.2. The molecule has 0 amide bonds. The van der Waals surface area contributed by atoms with Gasteiger partial charge >= 0.3 is 0 Å². The lowest BCUT2D eigenvalue weighted by molar-refractivity contribution is 0.687. The predicted octanol–water partition coefficient (Wildman–Crippen LogP) is 1.61. The Morgan fingerprint density at radius 2 is 2.18 bits per heavy atom. The van der Waals surface area contributed by atoms with Crippen molar-refractivity contribution in [1.29, 1.82) is 0 Å². The van der Waals surface area contributed by atoms with Crippen molar-refractivity contribution in [2.24, 2.45) is 0 Å². The number of pyridine rings is 1. The summed E-state index contributed by atoms with van der Waals surface area (Å²) in [6, 6.07) is 9.51. The van der Waals surface area contributed by atoms with Gasteiger partial charge in [0.05, 0.1) is 5.52 Å². The second-order valence-corrected chi connectivity index (χ2v) is 5.41. The van der Waals surface area contributed by atoms with Crippen molar-refractivity contribution >= 4 is 33.2 Å². The molecule has 0 bridgehead atoms. The van der Waals surface area contributed by atoms with E-state index in [0.29, 0.717) is 12.3 Å². The van der Waals surface area contributed by atoms with Gasteiger partial charge in [0.25, 0.3) is 0 Å². The Kier molecular flexibility index (Phi) is 3.58. The SMILES string of the molecule is CS(=O)CCNc1ccc2cc(N)ccc2n1. The Balaban J connectivity index is 2.14. The minimum absolute atomic E-state index is 0.626. The molecular formula is C12H15N3OS. The first kappa shape index (κ1) is 11.9. The van der Waals surface area contributed by atoms with Gasteiger partial charge in [0.2, 0.25) is 0 Å². The minimum atomic E-state index is -0.776. The number of nitrogens with one attached hydrogen (secondary N) is 1. The molecule has 0 radical (unpaired) electrons. The lowest BCUT2D eigenvalue weighted by atomic mass is 10.2. The van der Waals surface area contributed by atoms with E-state index in [1.807, 2.05) is 30.3 Å². The van der Waals surface area contributed by atoms with Crippen molar-refractivity contribution in [1.82, 2.24) is 4.98 Å². The molecule has 0 aliphatic carbocycles. The molecule has 0 saturated carbocycles. The number of benzene rings is 1. The molecule has 1 aromatic heterocycles. The largest absolute Gasteiger partial charge is 0.399 e. The van der Waals surface area contributed by atoms with Crippen molar-refractivity contribution < 1.29 is 4.21 Å². The van der Waals surface area contributed by atoms with E-state index >= 15 is 0 Å². The van der Waals surface area contributed by atoms with Crippen molar-refractivity contribution in [3.8, 4) is 0 Å². The summed E-state index contributed by atoms with van der Waals surface area (Å²) in [6.07, 6.45) is 1.69. The van der Waals surface area contributed by atoms with E-state index < -0.39 is 10.8 Å². The summed E-state index contributed by atoms with van der Waals surface area (Å²) >= 11 is 0. The van der Waals surface area contributed by atoms with Gasteiger partial charge in [0, 0.05) is 40.4 Å². The molecule has 0 spiro atoms. The van der Waals surface area contributed by atoms with E-state index in [4.69, 9.17) is 5.73 Å². The summed E-state index contributed by atoms with van der Waals surface area (Å²) in [5, 5.41) is 4.17. The molecule has 0 aliphatic rings. The quantitative estimate of drug-likeness (QED) is 0.808. The Hall–Kier alpha value is -1.62. The number of anilines is 2. The van der Waals surface area contributed by atoms with Gasteiger partial charge in [-0.25, -0.2) is 4.98 Å². The molecule has 2 aromatic rings. The van der Waals surface area contributed by atoms with E-state index in [-0.39, 0.29) is 0 Å². The van der Waals surface area contributed by atoms with Crippen LogP contribution in [0, 0.1) is 0 Å². The summed E-state index contributed by atoms with van der Waals surface area (Å²) in [4.78, 5) is 4.45. The van der Waals surface area contributed by atoms with Crippen LogP contribution in [0.3, 0.4) is 0 Å². The molecule has 1 atom stereocenters. The molecule has 0 aliphatic heterocycles. The van der Waals surface area contributed by atoms with Gasteiger partial charge in [-0.3, -0.25) is 4.21 Å². The Bertz CT molecular complexity index is 556. The fraction of sp³-hybridized carbons (Fsp3) is 0.250. The van der Waals surface area contributed by atoms with Gasteiger partial charge in [0.15, 0.2) is 0 Å². The molecule has 4 nitrogen and oxygen atoms in total. The van der Waals surface area contributed by atoms with Gasteiger partial charge in [0.1, 0.15) is 5.82 Å². The van der Waals surface area contributed by atoms with Crippen LogP contribution in [-0.2, 0) is 10.8 Å². The number of hydrogen-bond acceptors (Lipinski definition) is 4. The average molecular weight is 249 g/mol. The molecular weight excluding hydrogens is 234 g/mol. The smallest absolute Gasteiger partial charge is 0.126 e. The molecule has 1 heterocycles. The lowest BCUT2D eigenvalue weighted by Crippen LogP contribution is -2.10. The van der Waals surface area contributed by atoms with Crippen molar-refractivity contribution in [2.45, 2.75) is 0 Å². The topological polar surface area (TPSA) is 68.0 Å². The van der Waals surface area contributed by atoms with Gasteiger partial charge in [-0.1, -0.05) is 0 Å². The van der Waals surface area contributed by atoms with Gasteiger partial charge in [-0.2, -0.15) is 0 Å². The molecule has 1 aromatic carbocycles. The normalized spacial score (nSPS) is 12.5. The van der Waals surface area contributed by atoms with Crippen LogP contribution in [0.4, 0.5) is 11.5 Å². The van der Waals surface area contributed by atoms with Crippen LogP contribution in [0.1, 0.15) is 0 Å². The summed E-state index contributed by atoms with van der Waals surface area (Å²) in [6.45, 7) is 0.663. The van der Waals surface area contributed by atoms with Crippen LogP contribution in [0.2, 0.25) is 0 Å². The molecule has 5 heteroatoms. The Morgan fingerprint density at radius 1 is 1.35 bits per heavy atom. The molecule has 2 rings (SSSR count). The number of rotatable bonds is 4. The number of nitrogen functional groups attached to an aromatic ring is 1. The van der Waals surface area contributed by atoms with Crippen LogP contribution >= 0.6 is 0 Å². The maximum atomic E-state index is 10.9. The molecule has 1 unspecified atom stereocenters. The minimum Gasteiger partial charge on any atom is -0.399 e. The lowest BCUT2D eigenvalue weighted by Gasteiger charge is -2.06. The summed E-state index contributed by atoms with van der Waals surface area (Å²) < 4.78 is 10.9. The van der Waals surface area contributed by atoms with Gasteiger partial charge in [-0.15, -0.1) is 0 Å². The first-order valence-electron chi connectivity index (χ1n) is 5.35. The Labute approximate surface area is 103 Å². The standard InChI is InChI=1S/C12H15N3OS/c1-17(16)7-6-14-12-5-2-9-8-10(13)3-4-11(9)15-12/h2-5,8H,6-7,13H2,1H3,(H,14,15). The second kappa shape index (κ2) is 5.14. The predicted molar refractivity (Wildman–Crippen MR) is 73.6 cm³/mol. The summed E-state index contributed by atoms with van der Waals surface area (Å²) in [5.74, 6) is 1.43. The first-order chi connectivity index (χ1) is 8.15. The number of aromatic nitrogens is 1. The van der Waals surface area contributed by atoms with E-state index in [0.717, 1.165) is 22.4 Å². The maximum Gasteiger partial charge on any atom is 0.126 e. The average Bonchev–Trinajstić information content (AvgIpc) is 2.29. The molecule has 90 valence electrons. The second-order valence-electron chi connectivity index (χ2n) is 3.85. The highest BCUT2D eigenvalue weighted by molar-refractivity contribution is 7.84. The van der Waals surface area contributed by atoms with Crippen molar-refractivity contribution in [3.63, 3.8) is 0 Å². The van der Waals surface area contributed by atoms with Crippen LogP contribution in [-0.4, -0.2) is 27.7 Å². The number of nitrogens with zero attached hydrogens (tertiary/aromatic N) is 1. The van der Waals surface area contributed by atoms with E-state index in [9.17, 15) is 4.21 Å². The molecule has 17 heavy (non-hydrogen) atoms. The van der Waals surface area contributed by atoms with E-state index in [1.165, 1.54) is 0 Å². The van der Waals surface area contributed by atoms with E-state index in [2.05, 4.69) is 10.3 Å². The number of fused-ring (bicyclic) bond motifs is 1. The van der Waals surface area contributed by atoms with Gasteiger partial charge < -0.3 is 11.1 Å². The highest BCUT2D eigenvalue weighted by Gasteiger charge is 1.99. The van der Waals surface area contributed by atoms with Crippen LogP contribution in [0.15, 0.2) is 30.3 Å². The monoisotopic (exact) mass is 249 g/mol. The fourth-order valence-electron chi connectivity index (χ4n) is 1.57. The first-order valence-corrected chi connectivity index (χ1v) is 7.08. The number of hydrogen-bond donors (Lipinski definition) is 2. The third kappa shape index (κ3) is 3.17. The van der Waals surface area contributed by atoms with Crippen LogP contribution in [0.25, 0.3) is 10.9 Å². The zero-order valence-electron chi connectivity index (χ0n) is 9.64. The van der Waals surface area contributed by atoms with Gasteiger partial charge in [-0.05, 0) is 30.3 Å². The third-order valence-corrected chi connectivity index (χ3v) is 3.19. The molecule has 3 N–H and O–H groups in total. The number of nitrogens with two attached hydrogens (primary N) is 1. The van der Waals surface area contributed by atoms with E-state index in [1.54, 1.807) is 6.26 Å². The molecule has 0 saturated heterocycles. The Morgan fingerprint density at radius 3 is 2.94 bits per heavy atom. The van der Waals surface area contributed by atoms with Crippen molar-refractivity contribution in [2.75, 3.05) is 29.6 Å². The summed E-state index contributed by atoms with van der Waals surface area (Å²) in [7, 11) is -0.776. The highest BCUT2D eigenvalue weighted by Crippen LogP contribution is 2.17. The van der Waals surface area contributed by atoms with Crippen molar-refractivity contribution in [3.05, 3.63) is 30.3 Å². The van der Waals surface area contributed by atoms with Crippen LogP contribution < -0.4 is 11.1 Å². The van der Waals surface area contributed by atoms with Crippen LogP contribution in [0.5, 0.6) is 0 Å². The maximum absolute atomic E-state index is 10.9. The third-order valence-electron chi connectivity index (χ3n) is 2.41. The fourth-order valence-corrected chi connectivity index (χ4v) is 1.95. The molecule has 0 fully saturated rings. The zero-order chi connectivity index (χ0) is 12.3. The zero-order valence-corrected chi connectivity index (χ0v) is 10.5.